The molecule has 0 aromatic rings. The number of hydrogen-bond acceptors (Lipinski definition) is 9. The fraction of sp³-hybridized carbons (Fsp3) is 0.741. The number of aliphatic hydroxyl groups is 3. The Balaban J connectivity index is 5.98. The molecule has 226 valence electrons. The first-order valence-electron chi connectivity index (χ1n) is 13.3. The molecule has 0 unspecified atom stereocenters. The fourth-order valence-electron chi connectivity index (χ4n) is 3.66. The van der Waals surface area contributed by atoms with Crippen LogP contribution in [-0.2, 0) is 14.4 Å². The molecule has 0 radical (unpaired) electrons. The summed E-state index contributed by atoms with van der Waals surface area (Å²) in [6.07, 6.45) is 3.69. The Labute approximate surface area is 238 Å². The third kappa shape index (κ3) is 13.6. The number of allylic oxidation sites excluding steroid dienone is 2. The van der Waals surface area contributed by atoms with Gasteiger partial charge in [0.1, 0.15) is 17.1 Å². The summed E-state index contributed by atoms with van der Waals surface area (Å²) in [4.78, 5) is 42.8. The summed E-state index contributed by atoms with van der Waals surface area (Å²) in [5.74, 6) is -1.61. The number of carbonyl (C=O) groups is 3. The molecule has 0 aromatic heterocycles. The minimum Gasteiger partial charge on any atom is -0.493 e. The molecule has 0 aliphatic rings. The van der Waals surface area contributed by atoms with E-state index in [0.717, 1.165) is 0 Å². The number of nitrogens with two attached hydrogens (primary N) is 1. The summed E-state index contributed by atoms with van der Waals surface area (Å²) in [7, 11) is 6.75. The number of hydrogen-bond donors (Lipinski definition) is 5. The minimum atomic E-state index is -1.24. The molecular weight excluding hydrogens is 522 g/mol. The first-order chi connectivity index (χ1) is 18.0. The van der Waals surface area contributed by atoms with Gasteiger partial charge in [0.2, 0.25) is 23.6 Å². The summed E-state index contributed by atoms with van der Waals surface area (Å²) < 4.78 is 0. The molecule has 0 aliphatic carbocycles. The molecule has 3 amide bonds. The van der Waals surface area contributed by atoms with Gasteiger partial charge in [-0.2, -0.15) is 0 Å². The number of aliphatic hydroxyl groups excluding tert-OH is 2. The number of nitrogens with zero attached hydrogens (tertiary/aromatic N) is 3. The molecule has 0 aliphatic heterocycles. The van der Waals surface area contributed by atoms with Crippen molar-refractivity contribution in [1.29, 1.82) is 0 Å². The number of likely N-dealkylation sites (N-methyl/N-ethyl adjacent to an activating group) is 2. The van der Waals surface area contributed by atoms with Crippen LogP contribution in [0.25, 0.3) is 0 Å². The van der Waals surface area contributed by atoms with Crippen LogP contribution in [0.2, 0.25) is 0 Å². The number of rotatable bonds is 18. The van der Waals surface area contributed by atoms with Crippen LogP contribution in [0.1, 0.15) is 60.3 Å². The average Bonchev–Trinajstić information content (AvgIpc) is 2.84. The zero-order valence-corrected chi connectivity index (χ0v) is 25.9. The Bertz CT molecular complexity index is 858. The lowest BCUT2D eigenvalue weighted by molar-refractivity contribution is -0.134. The molecule has 0 spiro atoms. The summed E-state index contributed by atoms with van der Waals surface area (Å²) in [6.45, 7) is 9.21. The van der Waals surface area contributed by atoms with Gasteiger partial charge in [-0.25, -0.2) is 0 Å². The van der Waals surface area contributed by atoms with Crippen LogP contribution >= 0.6 is 11.8 Å². The van der Waals surface area contributed by atoms with Gasteiger partial charge in [-0.3, -0.25) is 14.4 Å². The predicted octanol–water partition coefficient (Wildman–Crippen LogP) is 1.62. The molecule has 39 heavy (non-hydrogen) atoms. The van der Waals surface area contributed by atoms with E-state index in [9.17, 15) is 29.7 Å². The van der Waals surface area contributed by atoms with Gasteiger partial charge >= 0.3 is 0 Å². The van der Waals surface area contributed by atoms with Crippen LogP contribution in [0, 0.1) is 5.92 Å². The Kier molecular flexibility index (Phi) is 16.4. The van der Waals surface area contributed by atoms with Crippen LogP contribution in [-0.4, -0.2) is 112 Å². The van der Waals surface area contributed by atoms with E-state index in [2.05, 4.69) is 5.32 Å². The quantitative estimate of drug-likeness (QED) is 0.121. The van der Waals surface area contributed by atoms with Crippen LogP contribution < -0.4 is 11.1 Å². The molecule has 0 saturated heterocycles. The van der Waals surface area contributed by atoms with Crippen molar-refractivity contribution >= 4 is 29.5 Å². The third-order valence-electron chi connectivity index (χ3n) is 6.26. The molecule has 0 heterocycles. The SMILES string of the molecule is C/C=C/C[C@@H](C)[C@@H](O)CC(=O)N[C@@H](CC)C(=O)N(C)/C(SCCN(C)C)=C(/O)N(C)[C@@H](CC(C)(C)O)C(N)=O. The van der Waals surface area contributed by atoms with Gasteiger partial charge in [0.15, 0.2) is 0 Å². The van der Waals surface area contributed by atoms with Gasteiger partial charge in [0, 0.05) is 32.8 Å². The largest absolute Gasteiger partial charge is 0.493 e. The van der Waals surface area contributed by atoms with E-state index in [1.807, 2.05) is 45.0 Å². The lowest BCUT2D eigenvalue weighted by Gasteiger charge is -2.34. The zero-order chi connectivity index (χ0) is 30.5. The molecule has 0 rings (SSSR count). The van der Waals surface area contributed by atoms with Gasteiger partial charge in [0.05, 0.1) is 18.1 Å². The van der Waals surface area contributed by atoms with Crippen LogP contribution in [0.4, 0.5) is 0 Å². The van der Waals surface area contributed by atoms with Crippen molar-refractivity contribution in [1.82, 2.24) is 20.0 Å². The van der Waals surface area contributed by atoms with Gasteiger partial charge in [-0.1, -0.05) is 26.0 Å². The Morgan fingerprint density at radius 1 is 1.15 bits per heavy atom. The molecule has 0 fully saturated rings. The highest BCUT2D eigenvalue weighted by Crippen LogP contribution is 2.27. The molecule has 4 atom stereocenters. The average molecular weight is 574 g/mol. The molecule has 12 heteroatoms. The van der Waals surface area contributed by atoms with E-state index in [4.69, 9.17) is 5.73 Å². The number of thioether (sulfide) groups is 1. The highest BCUT2D eigenvalue weighted by atomic mass is 32.2. The van der Waals surface area contributed by atoms with Crippen molar-refractivity contribution in [2.45, 2.75) is 84.1 Å². The highest BCUT2D eigenvalue weighted by Gasteiger charge is 2.33. The number of primary amides is 1. The normalized spacial score (nSPS) is 15.9. The second-order valence-electron chi connectivity index (χ2n) is 10.8. The smallest absolute Gasteiger partial charge is 0.249 e. The van der Waals surface area contributed by atoms with E-state index in [0.29, 0.717) is 18.7 Å². The first-order valence-corrected chi connectivity index (χ1v) is 14.3. The molecular formula is C27H51N5O6S. The second kappa shape index (κ2) is 17.4. The molecule has 0 bridgehead atoms. The van der Waals surface area contributed by atoms with Gasteiger partial charge in [0.25, 0.3) is 0 Å². The second-order valence-corrected chi connectivity index (χ2v) is 11.9. The maximum atomic E-state index is 13.5. The lowest BCUT2D eigenvalue weighted by atomic mass is 9.97. The van der Waals surface area contributed by atoms with Gasteiger partial charge < -0.3 is 41.1 Å². The standard InChI is InChI=1S/C27H51N5O6S/c1-10-12-13-18(3)21(33)16-22(34)29-19(11-2)24(36)32(9)26(39-15-14-30(6)7)25(37)31(8)20(23(28)35)17-27(4,5)38/h10,12,18-21,33,37-38H,11,13-17H2,1-9H3,(H2,28,35)(H,29,34)/b12-10+,26-25-/t18-,19+,20+,21+/m1/s1. The maximum absolute atomic E-state index is 13.5. The predicted molar refractivity (Wildman–Crippen MR) is 157 cm³/mol. The van der Waals surface area contributed by atoms with Crippen molar-refractivity contribution in [3.63, 3.8) is 0 Å². The van der Waals surface area contributed by atoms with E-state index >= 15 is 0 Å². The fourth-order valence-corrected chi connectivity index (χ4v) is 4.87. The molecule has 6 N–H and O–H groups in total. The van der Waals surface area contributed by atoms with Gasteiger partial charge in [-0.05, 0) is 53.6 Å². The summed E-state index contributed by atoms with van der Waals surface area (Å²) >= 11 is 1.22. The third-order valence-corrected chi connectivity index (χ3v) is 7.38. The molecule has 0 aromatic carbocycles. The summed E-state index contributed by atoms with van der Waals surface area (Å²) in [6, 6.07) is -1.93. The summed E-state index contributed by atoms with van der Waals surface area (Å²) in [5, 5.41) is 34.8. The number of nitrogens with one attached hydrogen (secondary N) is 1. The Morgan fingerprint density at radius 2 is 1.74 bits per heavy atom. The first kappa shape index (κ1) is 36.7. The molecule has 11 nitrogen and oxygen atoms in total. The van der Waals surface area contributed by atoms with Crippen molar-refractivity contribution in [2.24, 2.45) is 11.7 Å². The van der Waals surface area contributed by atoms with E-state index in [-0.39, 0.29) is 36.1 Å². The molecule has 0 saturated carbocycles. The van der Waals surface area contributed by atoms with E-state index in [1.165, 1.54) is 49.5 Å². The van der Waals surface area contributed by atoms with Crippen molar-refractivity contribution < 1.29 is 29.7 Å². The monoisotopic (exact) mass is 573 g/mol. The van der Waals surface area contributed by atoms with Crippen LogP contribution in [0.15, 0.2) is 23.1 Å². The zero-order valence-electron chi connectivity index (χ0n) is 25.1. The van der Waals surface area contributed by atoms with E-state index < -0.39 is 41.5 Å². The van der Waals surface area contributed by atoms with Crippen molar-refractivity contribution in [3.8, 4) is 0 Å². The highest BCUT2D eigenvalue weighted by molar-refractivity contribution is 8.03. The maximum Gasteiger partial charge on any atom is 0.249 e. The van der Waals surface area contributed by atoms with Crippen LogP contribution in [0.5, 0.6) is 0 Å². The van der Waals surface area contributed by atoms with Crippen molar-refractivity contribution in [2.75, 3.05) is 40.5 Å². The Morgan fingerprint density at radius 3 is 2.21 bits per heavy atom. The van der Waals surface area contributed by atoms with Gasteiger partial charge in [-0.15, -0.1) is 11.8 Å². The lowest BCUT2D eigenvalue weighted by Crippen LogP contribution is -2.49. The number of amides is 3. The minimum absolute atomic E-state index is 0.0430. The topological polar surface area (TPSA) is 160 Å². The van der Waals surface area contributed by atoms with E-state index in [1.54, 1.807) is 6.92 Å². The van der Waals surface area contributed by atoms with Crippen LogP contribution in [0.3, 0.4) is 0 Å². The Hall–Kier alpha value is -2.28. The number of carbonyl (C=O) groups excluding carboxylic acids is 3. The summed E-state index contributed by atoms with van der Waals surface area (Å²) in [5.41, 5.74) is 4.34. The van der Waals surface area contributed by atoms with Crippen molar-refractivity contribution in [3.05, 3.63) is 23.1 Å².